The van der Waals surface area contributed by atoms with E-state index < -0.39 is 11.9 Å². The molecular formula is C38H69N3O12S3. The van der Waals surface area contributed by atoms with Crippen LogP contribution in [0.1, 0.15) is 52.9 Å². The van der Waals surface area contributed by atoms with E-state index in [0.29, 0.717) is 56.4 Å². The molecule has 0 heterocycles. The van der Waals surface area contributed by atoms with Crippen molar-refractivity contribution in [3.63, 3.8) is 0 Å². The molecule has 0 N–H and O–H groups in total. The van der Waals surface area contributed by atoms with E-state index in [-0.39, 0.29) is 101 Å². The Balaban J connectivity index is 5.13. The molecule has 0 spiro atoms. The highest BCUT2D eigenvalue weighted by molar-refractivity contribution is 7.99. The zero-order chi connectivity index (χ0) is 42.1. The minimum absolute atomic E-state index is 0.00210. The van der Waals surface area contributed by atoms with Crippen molar-refractivity contribution < 1.29 is 57.2 Å². The molecule has 0 aliphatic carbocycles. The van der Waals surface area contributed by atoms with Crippen LogP contribution in [0.5, 0.6) is 0 Å². The summed E-state index contributed by atoms with van der Waals surface area (Å²) in [6, 6.07) is 0. The van der Waals surface area contributed by atoms with Gasteiger partial charge in [0, 0.05) is 36.9 Å². The van der Waals surface area contributed by atoms with Crippen LogP contribution in [0.15, 0.2) is 0 Å². The zero-order valence-corrected chi connectivity index (χ0v) is 37.5. The molecule has 0 aromatic rings. The maximum atomic E-state index is 12.6. The number of ether oxygens (including phenoxy) is 6. The summed E-state index contributed by atoms with van der Waals surface area (Å²) in [6.45, 7) is 9.26. The van der Waals surface area contributed by atoms with Crippen LogP contribution in [-0.4, -0.2) is 186 Å². The Morgan fingerprint density at radius 2 is 0.696 bits per heavy atom. The fourth-order valence-electron chi connectivity index (χ4n) is 5.04. The summed E-state index contributed by atoms with van der Waals surface area (Å²) in [5.74, 6) is -1.01. The van der Waals surface area contributed by atoms with Gasteiger partial charge in [-0.2, -0.15) is 35.3 Å². The minimum atomic E-state index is -0.448. The quantitative estimate of drug-likeness (QED) is 0.0517. The number of hydrogen-bond acceptors (Lipinski definition) is 18. The van der Waals surface area contributed by atoms with Gasteiger partial charge in [0.05, 0.1) is 37.0 Å². The fourth-order valence-corrected chi connectivity index (χ4v) is 6.95. The van der Waals surface area contributed by atoms with Crippen LogP contribution in [0, 0.1) is 17.8 Å². The predicted molar refractivity (Wildman–Crippen MR) is 223 cm³/mol. The lowest BCUT2D eigenvalue weighted by Crippen LogP contribution is -2.35. The molecule has 0 rings (SSSR count). The predicted octanol–water partition coefficient (Wildman–Crippen LogP) is 3.36. The largest absolute Gasteiger partial charge is 0.462 e. The second kappa shape index (κ2) is 34.8. The first kappa shape index (κ1) is 53.8. The summed E-state index contributed by atoms with van der Waals surface area (Å²) in [5, 5.41) is 0. The van der Waals surface area contributed by atoms with Crippen molar-refractivity contribution in [3.8, 4) is 0 Å². The molecule has 0 saturated carbocycles. The molecule has 0 aromatic heterocycles. The highest BCUT2D eigenvalue weighted by atomic mass is 32.2. The van der Waals surface area contributed by atoms with E-state index in [4.69, 9.17) is 28.4 Å². The van der Waals surface area contributed by atoms with Gasteiger partial charge in [0.1, 0.15) is 39.6 Å². The Labute approximate surface area is 348 Å². The van der Waals surface area contributed by atoms with E-state index in [1.54, 1.807) is 56.1 Å². The summed E-state index contributed by atoms with van der Waals surface area (Å²) in [5.41, 5.74) is 0. The van der Waals surface area contributed by atoms with Crippen molar-refractivity contribution in [1.82, 2.24) is 14.7 Å². The highest BCUT2D eigenvalue weighted by Gasteiger charge is 2.18. The molecule has 0 radical (unpaired) electrons. The standard InChI is InChI=1S/C38H69N3O12S3/c1-30(27-54-6)36(45)51-24-21-48-33(42)11-18-40(15-9-14-39(4)5)16-10-17-41(19-12-34(43)49-22-25-52-37(46)31(2)28-55-7)20-13-35(44)50-23-26-53-38(47)32(3)29-56-8/h30-32H,9-29H2,1-8H3. The number of thioether (sulfide) groups is 3. The number of carbonyl (C=O) groups excluding carboxylic acids is 6. The molecule has 0 amide bonds. The molecule has 18 heteroatoms. The molecule has 15 nitrogen and oxygen atoms in total. The van der Waals surface area contributed by atoms with E-state index in [0.717, 1.165) is 19.5 Å². The van der Waals surface area contributed by atoms with Gasteiger partial charge in [-0.3, -0.25) is 28.8 Å². The highest BCUT2D eigenvalue weighted by Crippen LogP contribution is 2.09. The van der Waals surface area contributed by atoms with E-state index >= 15 is 0 Å². The van der Waals surface area contributed by atoms with Crippen LogP contribution in [0.25, 0.3) is 0 Å². The number of hydrogen-bond donors (Lipinski definition) is 0. The first-order valence-corrected chi connectivity index (χ1v) is 23.4. The lowest BCUT2D eigenvalue weighted by atomic mass is 10.2. The summed E-state index contributed by atoms with van der Waals surface area (Å²) >= 11 is 4.67. The van der Waals surface area contributed by atoms with E-state index in [2.05, 4.69) is 9.80 Å². The van der Waals surface area contributed by atoms with E-state index in [1.165, 1.54) is 0 Å². The van der Waals surface area contributed by atoms with Crippen LogP contribution in [0.2, 0.25) is 0 Å². The molecule has 56 heavy (non-hydrogen) atoms. The molecule has 326 valence electrons. The molecule has 0 aliphatic heterocycles. The van der Waals surface area contributed by atoms with Gasteiger partial charge in [-0.15, -0.1) is 0 Å². The van der Waals surface area contributed by atoms with Gasteiger partial charge in [0.25, 0.3) is 0 Å². The second-order valence-electron chi connectivity index (χ2n) is 13.7. The topological polar surface area (TPSA) is 168 Å². The average molecular weight is 856 g/mol. The fraction of sp³-hybridized carbons (Fsp3) is 0.842. The molecular weight excluding hydrogens is 787 g/mol. The molecule has 0 saturated heterocycles. The maximum Gasteiger partial charge on any atom is 0.309 e. The summed E-state index contributed by atoms with van der Waals surface area (Å²) in [7, 11) is 4.01. The zero-order valence-electron chi connectivity index (χ0n) is 35.0. The first-order valence-electron chi connectivity index (χ1n) is 19.3. The number of carbonyl (C=O) groups is 6. The van der Waals surface area contributed by atoms with Crippen molar-refractivity contribution in [2.24, 2.45) is 17.8 Å². The Morgan fingerprint density at radius 3 is 0.982 bits per heavy atom. The van der Waals surface area contributed by atoms with Crippen LogP contribution < -0.4 is 0 Å². The SMILES string of the molecule is CSCC(C)C(=O)OCCOC(=O)CCN(CCCN(C)C)CCCN(CCC(=O)OCCOC(=O)C(C)CSC)CCC(=O)OCCOC(=O)C(C)CSC. The van der Waals surface area contributed by atoms with Crippen LogP contribution in [-0.2, 0) is 57.2 Å². The smallest absolute Gasteiger partial charge is 0.309 e. The Morgan fingerprint density at radius 1 is 0.429 bits per heavy atom. The monoisotopic (exact) mass is 855 g/mol. The molecule has 0 aromatic carbocycles. The Bertz CT molecular complexity index is 1070. The van der Waals surface area contributed by atoms with Gasteiger partial charge >= 0.3 is 35.8 Å². The normalized spacial score (nSPS) is 12.9. The van der Waals surface area contributed by atoms with Gasteiger partial charge < -0.3 is 43.1 Å². The van der Waals surface area contributed by atoms with Gasteiger partial charge in [-0.1, -0.05) is 20.8 Å². The first-order chi connectivity index (χ1) is 26.7. The third kappa shape index (κ3) is 29.9. The third-order valence-electron chi connectivity index (χ3n) is 8.15. The minimum Gasteiger partial charge on any atom is -0.462 e. The number of rotatable bonds is 35. The summed E-state index contributed by atoms with van der Waals surface area (Å²) < 4.78 is 31.5. The van der Waals surface area contributed by atoms with Gasteiger partial charge in [0.2, 0.25) is 0 Å². The van der Waals surface area contributed by atoms with Crippen molar-refractivity contribution in [1.29, 1.82) is 0 Å². The maximum absolute atomic E-state index is 12.6. The number of esters is 6. The van der Waals surface area contributed by atoms with Gasteiger partial charge in [0.15, 0.2) is 0 Å². The second-order valence-corrected chi connectivity index (χ2v) is 16.4. The van der Waals surface area contributed by atoms with Crippen molar-refractivity contribution in [3.05, 3.63) is 0 Å². The molecule has 3 atom stereocenters. The van der Waals surface area contributed by atoms with Crippen LogP contribution >= 0.6 is 35.3 Å². The lowest BCUT2D eigenvalue weighted by Gasteiger charge is -2.26. The summed E-state index contributed by atoms with van der Waals surface area (Å²) in [6.07, 6.45) is 7.65. The molecule has 0 aliphatic rings. The van der Waals surface area contributed by atoms with Crippen LogP contribution in [0.3, 0.4) is 0 Å². The van der Waals surface area contributed by atoms with Gasteiger partial charge in [-0.05, 0) is 71.9 Å². The Hall–Kier alpha value is -2.25. The van der Waals surface area contributed by atoms with E-state index in [1.807, 2.05) is 37.8 Å². The molecule has 0 fully saturated rings. The van der Waals surface area contributed by atoms with Crippen molar-refractivity contribution in [2.45, 2.75) is 52.9 Å². The van der Waals surface area contributed by atoms with E-state index in [9.17, 15) is 28.8 Å². The number of nitrogens with zero attached hydrogens (tertiary/aromatic N) is 3. The molecule has 0 bridgehead atoms. The van der Waals surface area contributed by atoms with Crippen molar-refractivity contribution in [2.75, 3.05) is 136 Å². The Kier molecular flexibility index (Phi) is 33.4. The lowest BCUT2D eigenvalue weighted by molar-refractivity contribution is -0.154. The third-order valence-corrected chi connectivity index (χ3v) is 10.7. The van der Waals surface area contributed by atoms with Gasteiger partial charge in [-0.25, -0.2) is 0 Å². The summed E-state index contributed by atoms with van der Waals surface area (Å²) in [4.78, 5) is 79.9. The molecule has 3 unspecified atom stereocenters. The van der Waals surface area contributed by atoms with Crippen LogP contribution in [0.4, 0.5) is 0 Å². The van der Waals surface area contributed by atoms with Crippen molar-refractivity contribution >= 4 is 71.1 Å². The average Bonchev–Trinajstić information content (AvgIpc) is 3.16.